The Morgan fingerprint density at radius 2 is 1.96 bits per heavy atom. The van der Waals surface area contributed by atoms with Crippen molar-refractivity contribution in [3.05, 3.63) is 0 Å². The number of nitrogens with zero attached hydrogens (tertiary/aromatic N) is 2. The van der Waals surface area contributed by atoms with Crippen LogP contribution in [0.25, 0.3) is 0 Å². The molecule has 0 aromatic rings. The lowest BCUT2D eigenvalue weighted by Gasteiger charge is -2.34. The standard InChI is InChI=1S/C19H32N2O4S/c1-14(22)26-13-16-10-17(23)20(12-16)9-7-15-6-5-8-21(11-15)18(24)25-19(2,3)4/h15-16H,5-13H2,1-4H3. The molecule has 2 amide bonds. The smallest absolute Gasteiger partial charge is 0.410 e. The van der Waals surface area contributed by atoms with Crippen molar-refractivity contribution in [3.63, 3.8) is 0 Å². The maximum absolute atomic E-state index is 12.3. The minimum Gasteiger partial charge on any atom is -0.444 e. The van der Waals surface area contributed by atoms with E-state index in [1.807, 2.05) is 25.7 Å². The number of hydrogen-bond donors (Lipinski definition) is 0. The largest absolute Gasteiger partial charge is 0.444 e. The molecule has 0 radical (unpaired) electrons. The SMILES string of the molecule is CC(=O)SCC1CC(=O)N(CCC2CCCN(C(=O)OC(C)(C)C)C2)C1. The average Bonchev–Trinajstić information content (AvgIpc) is 2.90. The molecule has 2 aliphatic rings. The monoisotopic (exact) mass is 384 g/mol. The fourth-order valence-electron chi connectivity index (χ4n) is 3.55. The summed E-state index contributed by atoms with van der Waals surface area (Å²) in [7, 11) is 0. The molecule has 2 heterocycles. The fourth-order valence-corrected chi connectivity index (χ4v) is 4.24. The van der Waals surface area contributed by atoms with Crippen LogP contribution in [0.1, 0.15) is 53.4 Å². The molecular formula is C19H32N2O4S. The molecule has 2 fully saturated rings. The summed E-state index contributed by atoms with van der Waals surface area (Å²) in [4.78, 5) is 39.3. The van der Waals surface area contributed by atoms with Gasteiger partial charge in [-0.1, -0.05) is 11.8 Å². The zero-order valence-corrected chi connectivity index (χ0v) is 17.3. The minimum absolute atomic E-state index is 0.111. The summed E-state index contributed by atoms with van der Waals surface area (Å²) < 4.78 is 5.47. The summed E-state index contributed by atoms with van der Waals surface area (Å²) in [5.41, 5.74) is -0.473. The van der Waals surface area contributed by atoms with E-state index in [1.165, 1.54) is 11.8 Å². The maximum atomic E-state index is 12.3. The molecule has 0 N–H and O–H groups in total. The quantitative estimate of drug-likeness (QED) is 0.728. The molecule has 0 aromatic heterocycles. The van der Waals surface area contributed by atoms with Gasteiger partial charge in [0.05, 0.1) is 0 Å². The summed E-state index contributed by atoms with van der Waals surface area (Å²) in [5.74, 6) is 1.61. The van der Waals surface area contributed by atoms with Crippen molar-refractivity contribution in [1.82, 2.24) is 9.80 Å². The second-order valence-electron chi connectivity index (χ2n) is 8.44. The van der Waals surface area contributed by atoms with Crippen LogP contribution in [0.4, 0.5) is 4.79 Å². The first kappa shape index (κ1) is 21.1. The van der Waals surface area contributed by atoms with Crippen LogP contribution in [0.2, 0.25) is 0 Å². The first-order valence-corrected chi connectivity index (χ1v) is 10.5. The van der Waals surface area contributed by atoms with E-state index >= 15 is 0 Å². The number of likely N-dealkylation sites (tertiary alicyclic amines) is 2. The van der Waals surface area contributed by atoms with Crippen LogP contribution < -0.4 is 0 Å². The van der Waals surface area contributed by atoms with Gasteiger partial charge in [-0.25, -0.2) is 4.79 Å². The molecule has 148 valence electrons. The Labute approximate surface area is 161 Å². The molecule has 6 nitrogen and oxygen atoms in total. The van der Waals surface area contributed by atoms with Crippen LogP contribution in [0.5, 0.6) is 0 Å². The molecule has 0 spiro atoms. The Hall–Kier alpha value is -1.24. The third-order valence-corrected chi connectivity index (χ3v) is 5.84. The van der Waals surface area contributed by atoms with Gasteiger partial charge in [0, 0.05) is 45.3 Å². The number of hydrogen-bond acceptors (Lipinski definition) is 5. The predicted octanol–water partition coefficient (Wildman–Crippen LogP) is 3.15. The lowest BCUT2D eigenvalue weighted by Crippen LogP contribution is -2.43. The van der Waals surface area contributed by atoms with E-state index in [4.69, 9.17) is 4.74 Å². The van der Waals surface area contributed by atoms with Crippen molar-refractivity contribution in [2.45, 2.75) is 59.0 Å². The Morgan fingerprint density at radius 1 is 1.23 bits per heavy atom. The molecule has 0 bridgehead atoms. The van der Waals surface area contributed by atoms with Gasteiger partial charge in [-0.2, -0.15) is 0 Å². The van der Waals surface area contributed by atoms with Gasteiger partial charge in [-0.3, -0.25) is 9.59 Å². The molecule has 7 heteroatoms. The minimum atomic E-state index is -0.473. The number of piperidine rings is 1. The normalized spacial score (nSPS) is 24.1. The topological polar surface area (TPSA) is 66.9 Å². The zero-order valence-electron chi connectivity index (χ0n) is 16.5. The molecule has 2 unspecified atom stereocenters. The van der Waals surface area contributed by atoms with Gasteiger partial charge in [0.2, 0.25) is 5.91 Å². The van der Waals surface area contributed by atoms with Crippen molar-refractivity contribution in [2.75, 3.05) is 31.9 Å². The van der Waals surface area contributed by atoms with Crippen LogP contribution in [-0.2, 0) is 14.3 Å². The number of carbonyl (C=O) groups is 3. The Balaban J connectivity index is 1.76. The average molecular weight is 385 g/mol. The lowest BCUT2D eigenvalue weighted by molar-refractivity contribution is -0.128. The predicted molar refractivity (Wildman–Crippen MR) is 103 cm³/mol. The van der Waals surface area contributed by atoms with Gasteiger partial charge in [0.15, 0.2) is 5.12 Å². The zero-order chi connectivity index (χ0) is 19.3. The van der Waals surface area contributed by atoms with Gasteiger partial charge < -0.3 is 14.5 Å². The van der Waals surface area contributed by atoms with E-state index in [1.54, 1.807) is 11.8 Å². The Kier molecular flexibility index (Phi) is 7.38. The van der Waals surface area contributed by atoms with Gasteiger partial charge >= 0.3 is 6.09 Å². The lowest BCUT2D eigenvalue weighted by atomic mass is 9.95. The second-order valence-corrected chi connectivity index (χ2v) is 9.63. The van der Waals surface area contributed by atoms with E-state index in [0.29, 0.717) is 18.9 Å². The van der Waals surface area contributed by atoms with E-state index in [2.05, 4.69) is 0 Å². The van der Waals surface area contributed by atoms with Crippen LogP contribution in [-0.4, -0.2) is 64.4 Å². The van der Waals surface area contributed by atoms with Crippen molar-refractivity contribution in [1.29, 1.82) is 0 Å². The van der Waals surface area contributed by atoms with E-state index in [9.17, 15) is 14.4 Å². The third-order valence-electron chi connectivity index (χ3n) is 4.79. The summed E-state index contributed by atoms with van der Waals surface area (Å²) >= 11 is 1.31. The van der Waals surface area contributed by atoms with Gasteiger partial charge in [-0.05, 0) is 51.9 Å². The van der Waals surface area contributed by atoms with Gasteiger partial charge in [0.25, 0.3) is 0 Å². The Bertz CT molecular complexity index is 532. The number of rotatable bonds is 5. The van der Waals surface area contributed by atoms with Crippen molar-refractivity contribution < 1.29 is 19.1 Å². The highest BCUT2D eigenvalue weighted by Crippen LogP contribution is 2.26. The molecule has 0 aromatic carbocycles. The molecule has 26 heavy (non-hydrogen) atoms. The summed E-state index contributed by atoms with van der Waals surface area (Å²) in [6.45, 7) is 10.2. The molecule has 2 rings (SSSR count). The highest BCUT2D eigenvalue weighted by Gasteiger charge is 2.31. The number of amides is 2. The molecule has 0 aliphatic carbocycles. The summed E-state index contributed by atoms with van der Waals surface area (Å²) in [6.07, 6.45) is 3.30. The maximum Gasteiger partial charge on any atom is 0.410 e. The molecule has 2 aliphatic heterocycles. The highest BCUT2D eigenvalue weighted by atomic mass is 32.2. The van der Waals surface area contributed by atoms with E-state index < -0.39 is 5.60 Å². The fraction of sp³-hybridized carbons (Fsp3) is 0.842. The highest BCUT2D eigenvalue weighted by molar-refractivity contribution is 8.13. The van der Waals surface area contributed by atoms with Crippen LogP contribution in [0, 0.1) is 11.8 Å². The van der Waals surface area contributed by atoms with Gasteiger partial charge in [-0.15, -0.1) is 0 Å². The van der Waals surface area contributed by atoms with Crippen LogP contribution in [0.3, 0.4) is 0 Å². The first-order chi connectivity index (χ1) is 12.1. The summed E-state index contributed by atoms with van der Waals surface area (Å²) in [5, 5.41) is 0.111. The molecular weight excluding hydrogens is 352 g/mol. The van der Waals surface area contributed by atoms with E-state index in [-0.39, 0.29) is 23.0 Å². The second kappa shape index (κ2) is 9.11. The Morgan fingerprint density at radius 3 is 2.62 bits per heavy atom. The van der Waals surface area contributed by atoms with E-state index in [0.717, 1.165) is 44.6 Å². The molecule has 2 atom stereocenters. The van der Waals surface area contributed by atoms with Gasteiger partial charge in [0.1, 0.15) is 5.60 Å². The van der Waals surface area contributed by atoms with Crippen LogP contribution >= 0.6 is 11.8 Å². The van der Waals surface area contributed by atoms with Crippen molar-refractivity contribution >= 4 is 28.9 Å². The van der Waals surface area contributed by atoms with Crippen molar-refractivity contribution in [2.24, 2.45) is 11.8 Å². The van der Waals surface area contributed by atoms with Crippen LogP contribution in [0.15, 0.2) is 0 Å². The van der Waals surface area contributed by atoms with Crippen molar-refractivity contribution in [3.8, 4) is 0 Å². The summed E-state index contributed by atoms with van der Waals surface area (Å²) in [6, 6.07) is 0. The molecule has 0 saturated carbocycles. The third kappa shape index (κ3) is 6.82. The molecule has 2 saturated heterocycles. The number of ether oxygens (including phenoxy) is 1. The number of carbonyl (C=O) groups excluding carboxylic acids is 3. The number of thioether (sulfide) groups is 1. The first-order valence-electron chi connectivity index (χ1n) is 9.53.